The molecule has 1 aromatic heterocycles. The van der Waals surface area contributed by atoms with Gasteiger partial charge in [-0.3, -0.25) is 24.2 Å². The van der Waals surface area contributed by atoms with E-state index in [2.05, 4.69) is 35.6 Å². The van der Waals surface area contributed by atoms with E-state index < -0.39 is 11.7 Å². The summed E-state index contributed by atoms with van der Waals surface area (Å²) in [7, 11) is 4.90. The van der Waals surface area contributed by atoms with Crippen molar-refractivity contribution in [3.63, 3.8) is 0 Å². The molecular formula is C40H52FN13O5. The minimum absolute atomic E-state index is 0.0551. The van der Waals surface area contributed by atoms with Gasteiger partial charge >= 0.3 is 6.03 Å². The molecule has 0 spiro atoms. The Morgan fingerprint density at radius 2 is 1.85 bits per heavy atom. The Labute approximate surface area is 342 Å². The van der Waals surface area contributed by atoms with Crippen molar-refractivity contribution >= 4 is 58.8 Å². The molecule has 1 atom stereocenters. The maximum Gasteiger partial charge on any atom is 0.324 e. The second-order valence-corrected chi connectivity index (χ2v) is 15.2. The van der Waals surface area contributed by atoms with Crippen molar-refractivity contribution in [3.05, 3.63) is 59.8 Å². The number of nitrogens with two attached hydrogens (primary N) is 1. The first-order valence-electron chi connectivity index (χ1n) is 20.0. The van der Waals surface area contributed by atoms with Crippen molar-refractivity contribution in [2.24, 2.45) is 11.7 Å². The fraction of sp³-hybridized carbons (Fsp3) is 0.475. The van der Waals surface area contributed by atoms with Crippen LogP contribution in [-0.2, 0) is 9.59 Å². The number of hydrogen-bond donors (Lipinski definition) is 3. The molecule has 19 heteroatoms. The lowest BCUT2D eigenvalue weighted by atomic mass is 10.1. The summed E-state index contributed by atoms with van der Waals surface area (Å²) in [5, 5.41) is 13.8. The molecule has 5 heterocycles. The van der Waals surface area contributed by atoms with E-state index in [0.29, 0.717) is 61.5 Å². The van der Waals surface area contributed by atoms with Gasteiger partial charge in [0.25, 0.3) is 11.9 Å². The van der Waals surface area contributed by atoms with Gasteiger partial charge in [-0.05, 0) is 61.6 Å². The second-order valence-electron chi connectivity index (χ2n) is 15.2. The maximum absolute atomic E-state index is 15.7. The van der Waals surface area contributed by atoms with Crippen LogP contribution in [0.25, 0.3) is 0 Å². The summed E-state index contributed by atoms with van der Waals surface area (Å²) in [4.78, 5) is 66.8. The number of benzene rings is 2. The van der Waals surface area contributed by atoms with Gasteiger partial charge < -0.3 is 45.6 Å². The largest absolute Gasteiger partial charge is 0.495 e. The first-order chi connectivity index (χ1) is 28.5. The smallest absolute Gasteiger partial charge is 0.324 e. The van der Waals surface area contributed by atoms with Crippen LogP contribution in [0.3, 0.4) is 0 Å². The molecule has 0 saturated carbocycles. The molecule has 0 aliphatic carbocycles. The van der Waals surface area contributed by atoms with Gasteiger partial charge in [-0.15, -0.1) is 10.2 Å². The molecule has 18 nitrogen and oxygen atoms in total. The van der Waals surface area contributed by atoms with Gasteiger partial charge in [0.05, 0.1) is 18.5 Å². The summed E-state index contributed by atoms with van der Waals surface area (Å²) in [5.74, 6) is -0.104. The summed E-state index contributed by atoms with van der Waals surface area (Å²) in [5.41, 5.74) is 8.78. The lowest BCUT2D eigenvalue weighted by Gasteiger charge is -2.37. The number of aromatic nitrogens is 3. The molecule has 0 radical (unpaired) electrons. The predicted molar refractivity (Wildman–Crippen MR) is 221 cm³/mol. The number of ether oxygens (including phenoxy) is 1. The van der Waals surface area contributed by atoms with Gasteiger partial charge in [-0.25, -0.2) is 9.18 Å². The highest BCUT2D eigenvalue weighted by molar-refractivity contribution is 5.96. The van der Waals surface area contributed by atoms with Crippen molar-refractivity contribution in [1.29, 1.82) is 0 Å². The standard InChI is InChI=1S/C40H52FN13O5/c1-43-35(56)11-14-53(26-55)33-22-29(7-9-34(33)59-3)51-13-10-27(24-51)23-49-16-18-50(19-17-49)32-8-6-28(21-31(32)41)44-38-36(37(42)57)46-47-39(45-38)52-12-4-5-30(25-52)54-20-15-48(2)40(54)58/h6-9,21-22,25-27H,4-5,10-20,23-24H2,1-3H3,(H2,42,57)(H,43,56)(H,44,45,47). The van der Waals surface area contributed by atoms with Crippen molar-refractivity contribution in [2.75, 3.05) is 118 Å². The summed E-state index contributed by atoms with van der Waals surface area (Å²) in [6, 6.07) is 10.6. The number of allylic oxidation sites excluding steroid dienone is 1. The second kappa shape index (κ2) is 18.1. The van der Waals surface area contributed by atoms with Crippen LogP contribution in [0.5, 0.6) is 5.75 Å². The van der Waals surface area contributed by atoms with Crippen LogP contribution >= 0.6 is 0 Å². The third-order valence-corrected chi connectivity index (χ3v) is 11.4. The first-order valence-corrected chi connectivity index (χ1v) is 20.0. The number of likely N-dealkylation sites (N-methyl/N-ethyl adjacent to an activating group) is 1. The molecule has 3 fully saturated rings. The van der Waals surface area contributed by atoms with Crippen molar-refractivity contribution in [3.8, 4) is 5.75 Å². The number of methoxy groups -OCH3 is 1. The van der Waals surface area contributed by atoms with E-state index in [1.165, 1.54) is 11.0 Å². The molecule has 3 aromatic rings. The lowest BCUT2D eigenvalue weighted by molar-refractivity contribution is -0.120. The third kappa shape index (κ3) is 9.24. The van der Waals surface area contributed by atoms with Gasteiger partial charge in [0.2, 0.25) is 12.3 Å². The molecular weight excluding hydrogens is 762 g/mol. The Balaban J connectivity index is 0.945. The molecule has 4 aliphatic rings. The molecule has 0 bridgehead atoms. The number of urea groups is 1. The molecule has 59 heavy (non-hydrogen) atoms. The highest BCUT2D eigenvalue weighted by atomic mass is 19.1. The molecule has 4 aliphatic heterocycles. The average Bonchev–Trinajstić information content (AvgIpc) is 3.86. The van der Waals surface area contributed by atoms with Crippen LogP contribution in [0.1, 0.15) is 36.2 Å². The zero-order chi connectivity index (χ0) is 41.6. The van der Waals surface area contributed by atoms with E-state index in [9.17, 15) is 19.2 Å². The van der Waals surface area contributed by atoms with E-state index in [-0.39, 0.29) is 42.4 Å². The number of carbonyl (C=O) groups is 4. The molecule has 2 aromatic carbocycles. The van der Waals surface area contributed by atoms with Gasteiger partial charge in [0.1, 0.15) is 11.6 Å². The SMILES string of the molecule is CNC(=O)CCN(C=O)c1cc(N2CCC(CN3CCN(c4ccc(Nc5nc(N6C=C(N7CCN(C)C7=O)CCC6)nnc5C(N)=O)cc4F)CC3)C2)ccc1OC. The number of anilines is 6. The van der Waals surface area contributed by atoms with Gasteiger partial charge in [0.15, 0.2) is 11.5 Å². The van der Waals surface area contributed by atoms with Crippen molar-refractivity contribution < 1.29 is 28.3 Å². The molecule has 1 unspecified atom stereocenters. The average molecular weight is 814 g/mol. The fourth-order valence-electron chi connectivity index (χ4n) is 8.11. The summed E-state index contributed by atoms with van der Waals surface area (Å²) < 4.78 is 21.3. The van der Waals surface area contributed by atoms with Gasteiger partial charge in [-0.1, -0.05) is 0 Å². The minimum Gasteiger partial charge on any atom is -0.495 e. The number of rotatable bonds is 15. The maximum atomic E-state index is 15.7. The zero-order valence-electron chi connectivity index (χ0n) is 33.8. The Hall–Kier alpha value is -6.24. The highest BCUT2D eigenvalue weighted by Gasteiger charge is 2.31. The lowest BCUT2D eigenvalue weighted by Crippen LogP contribution is -2.48. The summed E-state index contributed by atoms with van der Waals surface area (Å²) >= 11 is 0. The monoisotopic (exact) mass is 813 g/mol. The number of piperazine rings is 1. The van der Waals surface area contributed by atoms with Crippen LogP contribution in [0.4, 0.5) is 43.7 Å². The molecule has 7 rings (SSSR count). The summed E-state index contributed by atoms with van der Waals surface area (Å²) in [6.45, 7) is 7.63. The zero-order valence-corrected chi connectivity index (χ0v) is 33.8. The van der Waals surface area contributed by atoms with Crippen LogP contribution in [0.15, 0.2) is 48.3 Å². The van der Waals surface area contributed by atoms with E-state index in [1.54, 1.807) is 48.0 Å². The van der Waals surface area contributed by atoms with E-state index in [4.69, 9.17) is 10.5 Å². The predicted octanol–water partition coefficient (Wildman–Crippen LogP) is 2.42. The number of nitrogens with one attached hydrogen (secondary N) is 2. The highest BCUT2D eigenvalue weighted by Crippen LogP contribution is 2.35. The summed E-state index contributed by atoms with van der Waals surface area (Å²) in [6.07, 6.45) is 5.27. The third-order valence-electron chi connectivity index (χ3n) is 11.4. The molecule has 4 N–H and O–H groups in total. The fourth-order valence-corrected chi connectivity index (χ4v) is 8.11. The van der Waals surface area contributed by atoms with Crippen molar-refractivity contribution in [2.45, 2.75) is 25.7 Å². The minimum atomic E-state index is -0.827. The Kier molecular flexibility index (Phi) is 12.6. The van der Waals surface area contributed by atoms with E-state index in [1.807, 2.05) is 29.3 Å². The number of hydrogen-bond acceptors (Lipinski definition) is 13. The Morgan fingerprint density at radius 3 is 2.54 bits per heavy atom. The Morgan fingerprint density at radius 1 is 1.03 bits per heavy atom. The van der Waals surface area contributed by atoms with Gasteiger partial charge in [0, 0.05) is 116 Å². The number of primary amides is 1. The number of amides is 5. The van der Waals surface area contributed by atoms with Crippen LogP contribution in [0, 0.1) is 11.7 Å². The molecule has 314 valence electrons. The number of halogens is 1. The van der Waals surface area contributed by atoms with E-state index in [0.717, 1.165) is 69.8 Å². The number of nitrogens with zero attached hydrogens (tertiary/aromatic N) is 10. The Bertz CT molecular complexity index is 2080. The number of carbonyl (C=O) groups excluding carboxylic acids is 4. The van der Waals surface area contributed by atoms with Crippen LogP contribution in [-0.4, -0.2) is 147 Å². The normalized spacial score (nSPS) is 18.6. The first kappa shape index (κ1) is 40.9. The van der Waals surface area contributed by atoms with Gasteiger partial charge in [-0.2, -0.15) is 4.98 Å². The topological polar surface area (TPSA) is 189 Å². The van der Waals surface area contributed by atoms with Crippen LogP contribution in [0.2, 0.25) is 0 Å². The van der Waals surface area contributed by atoms with Crippen molar-refractivity contribution in [1.82, 2.24) is 35.2 Å². The van der Waals surface area contributed by atoms with E-state index >= 15 is 4.39 Å². The van der Waals surface area contributed by atoms with Crippen LogP contribution < -0.4 is 40.7 Å². The molecule has 3 saturated heterocycles. The quantitative estimate of drug-likeness (QED) is 0.190. The molecule has 5 amide bonds.